The number of carbonyl (C=O) groups excluding carboxylic acids is 1. The van der Waals surface area contributed by atoms with Gasteiger partial charge < -0.3 is 14.8 Å². The zero-order valence-electron chi connectivity index (χ0n) is 17.0. The second-order valence-electron chi connectivity index (χ2n) is 6.92. The van der Waals surface area contributed by atoms with E-state index in [1.165, 1.54) is 10.8 Å². The number of nitrogens with zero attached hydrogens (tertiary/aromatic N) is 2. The van der Waals surface area contributed by atoms with Crippen molar-refractivity contribution in [1.82, 2.24) is 9.78 Å². The van der Waals surface area contributed by atoms with Gasteiger partial charge in [0, 0.05) is 11.6 Å². The molecule has 3 aromatic carbocycles. The highest BCUT2D eigenvalue weighted by molar-refractivity contribution is 5.92. The molecule has 0 bridgehead atoms. The van der Waals surface area contributed by atoms with E-state index in [2.05, 4.69) is 34.7 Å². The van der Waals surface area contributed by atoms with Gasteiger partial charge in [-0.25, -0.2) is 4.68 Å². The number of amides is 1. The van der Waals surface area contributed by atoms with Crippen LogP contribution in [0.2, 0.25) is 0 Å². The number of carbonyl (C=O) groups is 1. The molecule has 0 aliphatic heterocycles. The Morgan fingerprint density at radius 1 is 0.967 bits per heavy atom. The van der Waals surface area contributed by atoms with E-state index < -0.39 is 0 Å². The lowest BCUT2D eigenvalue weighted by molar-refractivity contribution is -0.115. The Bertz CT molecular complexity index is 1180. The largest absolute Gasteiger partial charge is 0.497 e. The van der Waals surface area contributed by atoms with Crippen LogP contribution < -0.4 is 14.8 Å². The van der Waals surface area contributed by atoms with Gasteiger partial charge in [0.15, 0.2) is 0 Å². The Morgan fingerprint density at radius 2 is 1.80 bits per heavy atom. The van der Waals surface area contributed by atoms with Gasteiger partial charge in [0.1, 0.15) is 17.3 Å². The molecule has 1 heterocycles. The molecule has 0 aliphatic rings. The van der Waals surface area contributed by atoms with Gasteiger partial charge in [-0.15, -0.1) is 0 Å². The molecule has 0 unspecified atom stereocenters. The third-order valence-electron chi connectivity index (χ3n) is 5.02. The van der Waals surface area contributed by atoms with Crippen LogP contribution in [0.4, 0.5) is 5.82 Å². The number of benzene rings is 3. The zero-order valence-corrected chi connectivity index (χ0v) is 17.0. The number of hydrogen-bond acceptors (Lipinski definition) is 4. The first kappa shape index (κ1) is 19.5. The summed E-state index contributed by atoms with van der Waals surface area (Å²) in [5.74, 6) is 1.82. The maximum atomic E-state index is 12.7. The molecule has 6 heteroatoms. The highest BCUT2D eigenvalue weighted by Gasteiger charge is 2.13. The summed E-state index contributed by atoms with van der Waals surface area (Å²) in [6, 6.07) is 21.7. The highest BCUT2D eigenvalue weighted by Crippen LogP contribution is 2.25. The Labute approximate surface area is 175 Å². The lowest BCUT2D eigenvalue weighted by Gasteiger charge is -2.13. The Kier molecular flexibility index (Phi) is 5.66. The molecule has 0 atom stereocenters. The summed E-state index contributed by atoms with van der Waals surface area (Å²) in [6.45, 7) is 0.562. The van der Waals surface area contributed by atoms with Crippen molar-refractivity contribution in [2.24, 2.45) is 0 Å². The lowest BCUT2D eigenvalue weighted by Crippen LogP contribution is -2.18. The van der Waals surface area contributed by atoms with Crippen LogP contribution in [0.15, 0.2) is 72.9 Å². The minimum absolute atomic E-state index is 0.152. The third kappa shape index (κ3) is 4.12. The van der Waals surface area contributed by atoms with E-state index in [4.69, 9.17) is 9.47 Å². The van der Waals surface area contributed by atoms with Gasteiger partial charge in [-0.3, -0.25) is 4.79 Å². The van der Waals surface area contributed by atoms with Crippen LogP contribution in [-0.4, -0.2) is 29.9 Å². The average Bonchev–Trinajstić information content (AvgIpc) is 3.20. The van der Waals surface area contributed by atoms with Crippen LogP contribution in [0.5, 0.6) is 11.5 Å². The van der Waals surface area contributed by atoms with Gasteiger partial charge >= 0.3 is 0 Å². The van der Waals surface area contributed by atoms with Crippen molar-refractivity contribution < 1.29 is 14.3 Å². The second-order valence-corrected chi connectivity index (χ2v) is 6.92. The molecule has 1 aromatic heterocycles. The first-order chi connectivity index (χ1) is 14.7. The molecular weight excluding hydrogens is 378 g/mol. The van der Waals surface area contributed by atoms with Crippen LogP contribution in [0.25, 0.3) is 10.8 Å². The van der Waals surface area contributed by atoms with Crippen molar-refractivity contribution in [3.63, 3.8) is 0 Å². The number of aromatic nitrogens is 2. The molecule has 0 spiro atoms. The monoisotopic (exact) mass is 401 g/mol. The summed E-state index contributed by atoms with van der Waals surface area (Å²) in [6.07, 6.45) is 1.85. The van der Waals surface area contributed by atoms with Gasteiger partial charge in [0.2, 0.25) is 5.91 Å². The summed E-state index contributed by atoms with van der Waals surface area (Å²) in [5.41, 5.74) is 1.90. The third-order valence-corrected chi connectivity index (χ3v) is 5.02. The van der Waals surface area contributed by atoms with Crippen molar-refractivity contribution in [2.45, 2.75) is 13.0 Å². The minimum Gasteiger partial charge on any atom is -0.497 e. The number of nitrogens with one attached hydrogen (secondary N) is 1. The van der Waals surface area contributed by atoms with Crippen molar-refractivity contribution >= 4 is 22.5 Å². The number of hydrogen-bond donors (Lipinski definition) is 1. The first-order valence-corrected chi connectivity index (χ1v) is 9.67. The smallest absolute Gasteiger partial charge is 0.230 e. The van der Waals surface area contributed by atoms with Crippen molar-refractivity contribution in [2.75, 3.05) is 19.5 Å². The van der Waals surface area contributed by atoms with E-state index in [0.29, 0.717) is 23.9 Å². The Hall–Kier alpha value is -3.80. The molecule has 1 amide bonds. The SMILES string of the molecule is COc1ccc(OC)c(CC(=O)Nc2ccnn2Cc2cccc3ccccc23)c1. The summed E-state index contributed by atoms with van der Waals surface area (Å²) in [4.78, 5) is 12.7. The molecular formula is C24H23N3O3. The fourth-order valence-electron chi connectivity index (χ4n) is 3.54. The summed E-state index contributed by atoms with van der Waals surface area (Å²) >= 11 is 0. The average molecular weight is 401 g/mol. The van der Waals surface area contributed by atoms with Gasteiger partial charge in [-0.1, -0.05) is 42.5 Å². The summed E-state index contributed by atoms with van der Waals surface area (Å²) < 4.78 is 12.4. The zero-order chi connectivity index (χ0) is 20.9. The minimum atomic E-state index is -0.152. The standard InChI is InChI=1S/C24H23N3O3/c1-29-20-10-11-22(30-2)19(14-20)15-24(28)26-23-12-13-25-27(23)16-18-8-5-7-17-6-3-4-9-21(17)18/h3-14H,15-16H2,1-2H3,(H,26,28). The van der Waals surface area contributed by atoms with E-state index in [-0.39, 0.29) is 12.3 Å². The van der Waals surface area contributed by atoms with Crippen LogP contribution in [0.3, 0.4) is 0 Å². The van der Waals surface area contributed by atoms with Crippen molar-refractivity contribution in [1.29, 1.82) is 0 Å². The maximum absolute atomic E-state index is 12.7. The fraction of sp³-hybridized carbons (Fsp3) is 0.167. The van der Waals surface area contributed by atoms with E-state index in [1.807, 2.05) is 24.3 Å². The highest BCUT2D eigenvalue weighted by atomic mass is 16.5. The molecule has 30 heavy (non-hydrogen) atoms. The van der Waals surface area contributed by atoms with Gasteiger partial charge in [-0.05, 0) is 34.5 Å². The van der Waals surface area contributed by atoms with Crippen LogP contribution in [-0.2, 0) is 17.8 Å². The lowest BCUT2D eigenvalue weighted by atomic mass is 10.0. The molecule has 0 aliphatic carbocycles. The first-order valence-electron chi connectivity index (χ1n) is 9.67. The summed E-state index contributed by atoms with van der Waals surface area (Å²) in [5, 5.41) is 9.71. The van der Waals surface area contributed by atoms with Gasteiger partial charge in [0.25, 0.3) is 0 Å². The molecule has 4 rings (SSSR count). The molecule has 4 aromatic rings. The number of ether oxygens (including phenoxy) is 2. The number of fused-ring (bicyclic) bond motifs is 1. The molecule has 6 nitrogen and oxygen atoms in total. The predicted molar refractivity (Wildman–Crippen MR) is 117 cm³/mol. The number of anilines is 1. The normalized spacial score (nSPS) is 10.7. The molecule has 1 N–H and O–H groups in total. The van der Waals surface area contributed by atoms with E-state index in [9.17, 15) is 4.79 Å². The van der Waals surface area contributed by atoms with E-state index in [1.54, 1.807) is 43.3 Å². The molecule has 0 saturated heterocycles. The molecule has 0 saturated carbocycles. The van der Waals surface area contributed by atoms with Gasteiger partial charge in [-0.2, -0.15) is 5.10 Å². The van der Waals surface area contributed by atoms with E-state index in [0.717, 1.165) is 11.1 Å². The topological polar surface area (TPSA) is 65.4 Å². The quantitative estimate of drug-likeness (QED) is 0.502. The van der Waals surface area contributed by atoms with Crippen LogP contribution in [0, 0.1) is 0 Å². The summed E-state index contributed by atoms with van der Waals surface area (Å²) in [7, 11) is 3.18. The number of methoxy groups -OCH3 is 2. The number of rotatable bonds is 7. The van der Waals surface area contributed by atoms with Crippen LogP contribution in [0.1, 0.15) is 11.1 Å². The van der Waals surface area contributed by atoms with Crippen molar-refractivity contribution in [3.8, 4) is 11.5 Å². The fourth-order valence-corrected chi connectivity index (χ4v) is 3.54. The molecule has 0 radical (unpaired) electrons. The Balaban J connectivity index is 1.52. The Morgan fingerprint density at radius 3 is 2.63 bits per heavy atom. The van der Waals surface area contributed by atoms with Gasteiger partial charge in [0.05, 0.1) is 33.4 Å². The van der Waals surface area contributed by atoms with Crippen molar-refractivity contribution in [3.05, 3.63) is 84.1 Å². The molecule has 0 fully saturated rings. The maximum Gasteiger partial charge on any atom is 0.230 e. The predicted octanol–water partition coefficient (Wildman–Crippen LogP) is 4.28. The van der Waals surface area contributed by atoms with E-state index >= 15 is 0 Å². The van der Waals surface area contributed by atoms with Crippen LogP contribution >= 0.6 is 0 Å². The molecule has 152 valence electrons. The second kappa shape index (κ2) is 8.69.